The molecule has 5 heteroatoms. The SMILES string of the molecule is CC(C)[C@H](O)CC[C@@H](C)[C@H]1CC[C@H]2/C(=C/[C@@H]3OOCC4=C3C[C@@H](O)C[C@@H]4O)CCC[C@]12C. The molecular formula is C27H44O5. The molecule has 0 aromatic rings. The van der Waals surface area contributed by atoms with Gasteiger partial charge in [-0.25, -0.2) is 9.78 Å². The number of allylic oxidation sites excluding steroid dienone is 1. The van der Waals surface area contributed by atoms with Crippen molar-refractivity contribution in [2.24, 2.45) is 29.1 Å². The summed E-state index contributed by atoms with van der Waals surface area (Å²) >= 11 is 0. The summed E-state index contributed by atoms with van der Waals surface area (Å²) in [5.74, 6) is 2.19. The highest BCUT2D eigenvalue weighted by atomic mass is 17.2. The Labute approximate surface area is 193 Å². The summed E-state index contributed by atoms with van der Waals surface area (Å²) in [5, 5.41) is 30.9. The maximum Gasteiger partial charge on any atom is 0.133 e. The summed E-state index contributed by atoms with van der Waals surface area (Å²) in [6.45, 7) is 9.38. The van der Waals surface area contributed by atoms with Gasteiger partial charge in [-0.2, -0.15) is 0 Å². The van der Waals surface area contributed by atoms with Crippen LogP contribution in [0.3, 0.4) is 0 Å². The molecule has 0 aromatic heterocycles. The quantitative estimate of drug-likeness (QED) is 0.405. The molecule has 0 aromatic carbocycles. The topological polar surface area (TPSA) is 79.2 Å². The van der Waals surface area contributed by atoms with E-state index in [1.165, 1.54) is 31.3 Å². The van der Waals surface area contributed by atoms with Crippen LogP contribution in [-0.2, 0) is 9.78 Å². The lowest BCUT2D eigenvalue weighted by Gasteiger charge is -2.45. The van der Waals surface area contributed by atoms with Gasteiger partial charge in [-0.3, -0.25) is 0 Å². The van der Waals surface area contributed by atoms with Gasteiger partial charge in [-0.1, -0.05) is 33.3 Å². The van der Waals surface area contributed by atoms with Crippen LogP contribution >= 0.6 is 0 Å². The Hall–Kier alpha value is -0.720. The Kier molecular flexibility index (Phi) is 7.53. The van der Waals surface area contributed by atoms with Gasteiger partial charge >= 0.3 is 0 Å². The van der Waals surface area contributed by atoms with E-state index in [0.29, 0.717) is 48.5 Å². The predicted molar refractivity (Wildman–Crippen MR) is 125 cm³/mol. The molecule has 0 radical (unpaired) electrons. The minimum absolute atomic E-state index is 0.198. The highest BCUT2D eigenvalue weighted by molar-refractivity contribution is 5.33. The van der Waals surface area contributed by atoms with Crippen LogP contribution in [0.25, 0.3) is 0 Å². The van der Waals surface area contributed by atoms with Gasteiger partial charge in [0.25, 0.3) is 0 Å². The molecule has 0 saturated heterocycles. The zero-order chi connectivity index (χ0) is 23.0. The van der Waals surface area contributed by atoms with Crippen LogP contribution < -0.4 is 0 Å². The van der Waals surface area contributed by atoms with Crippen molar-refractivity contribution in [3.63, 3.8) is 0 Å². The van der Waals surface area contributed by atoms with E-state index in [-0.39, 0.29) is 12.2 Å². The zero-order valence-corrected chi connectivity index (χ0v) is 20.4. The Balaban J connectivity index is 1.50. The van der Waals surface area contributed by atoms with Gasteiger partial charge in [-0.05, 0) is 97.7 Å². The molecule has 8 atom stereocenters. The smallest absolute Gasteiger partial charge is 0.133 e. The molecule has 0 amide bonds. The third-order valence-corrected chi connectivity index (χ3v) is 9.27. The maximum absolute atomic E-state index is 10.4. The number of hydrogen-bond acceptors (Lipinski definition) is 5. The van der Waals surface area contributed by atoms with Crippen LogP contribution in [-0.4, -0.2) is 46.3 Å². The highest BCUT2D eigenvalue weighted by Crippen LogP contribution is 2.60. The van der Waals surface area contributed by atoms with E-state index in [4.69, 9.17) is 9.78 Å². The van der Waals surface area contributed by atoms with Crippen molar-refractivity contribution in [1.29, 1.82) is 0 Å². The van der Waals surface area contributed by atoms with Gasteiger partial charge in [0, 0.05) is 6.42 Å². The minimum atomic E-state index is -0.631. The van der Waals surface area contributed by atoms with Crippen LogP contribution in [0.5, 0.6) is 0 Å². The van der Waals surface area contributed by atoms with Crippen molar-refractivity contribution >= 4 is 0 Å². The molecule has 1 aliphatic heterocycles. The molecule has 0 spiro atoms. The summed E-state index contributed by atoms with van der Waals surface area (Å²) in [6, 6.07) is 0. The van der Waals surface area contributed by atoms with Gasteiger partial charge in [0.2, 0.25) is 0 Å². The first-order valence-corrected chi connectivity index (χ1v) is 13.0. The van der Waals surface area contributed by atoms with Crippen molar-refractivity contribution in [3.8, 4) is 0 Å². The van der Waals surface area contributed by atoms with E-state index in [0.717, 1.165) is 30.4 Å². The van der Waals surface area contributed by atoms with Crippen LogP contribution in [0, 0.1) is 29.1 Å². The molecule has 4 rings (SSSR count). The molecule has 2 fully saturated rings. The van der Waals surface area contributed by atoms with E-state index in [2.05, 4.69) is 33.8 Å². The number of hydrogen-bond donors (Lipinski definition) is 3. The Morgan fingerprint density at radius 1 is 1.12 bits per heavy atom. The fraction of sp³-hybridized carbons (Fsp3) is 0.852. The molecular weight excluding hydrogens is 404 g/mol. The van der Waals surface area contributed by atoms with Gasteiger partial charge in [0.05, 0.1) is 18.3 Å². The Bertz CT molecular complexity index is 728. The van der Waals surface area contributed by atoms with Gasteiger partial charge in [0.1, 0.15) is 12.7 Å². The standard InChI is InChI=1S/C27H44O5/c1-16(2)24(29)10-7-17(3)22-8-9-23-18(6-5-11-27(22,23)4)12-26-20-13-19(28)14-25(30)21(20)15-31-32-26/h12,16-17,19,22-26,28-30H,5-11,13-15H2,1-4H3/b18-12+/t17-,19-,22-,23+,24-,25+,26+,27-/m1/s1. The van der Waals surface area contributed by atoms with Crippen LogP contribution in [0.4, 0.5) is 0 Å². The first-order valence-electron chi connectivity index (χ1n) is 13.0. The van der Waals surface area contributed by atoms with E-state index in [1.54, 1.807) is 0 Å². The van der Waals surface area contributed by atoms with Gasteiger partial charge in [-0.15, -0.1) is 0 Å². The highest BCUT2D eigenvalue weighted by Gasteiger charge is 2.51. The second-order valence-corrected chi connectivity index (χ2v) is 11.6. The number of rotatable bonds is 6. The average molecular weight is 449 g/mol. The molecule has 3 aliphatic carbocycles. The molecule has 1 heterocycles. The van der Waals surface area contributed by atoms with Crippen LogP contribution in [0.1, 0.15) is 85.5 Å². The molecule has 3 N–H and O–H groups in total. The van der Waals surface area contributed by atoms with E-state index in [1.807, 2.05) is 0 Å². The molecule has 0 unspecified atom stereocenters. The van der Waals surface area contributed by atoms with E-state index < -0.39 is 12.2 Å². The van der Waals surface area contributed by atoms with Crippen molar-refractivity contribution in [2.75, 3.05) is 6.61 Å². The van der Waals surface area contributed by atoms with Crippen LogP contribution in [0.15, 0.2) is 22.8 Å². The van der Waals surface area contributed by atoms with Crippen molar-refractivity contribution in [3.05, 3.63) is 22.8 Å². The predicted octanol–water partition coefficient (Wildman–Crippen LogP) is 4.71. The third-order valence-electron chi connectivity index (χ3n) is 9.27. The molecule has 0 bridgehead atoms. The number of aliphatic hydroxyl groups excluding tert-OH is 3. The monoisotopic (exact) mass is 448 g/mol. The average Bonchev–Trinajstić information content (AvgIpc) is 3.10. The summed E-state index contributed by atoms with van der Waals surface area (Å²) in [5.41, 5.74) is 3.70. The van der Waals surface area contributed by atoms with Crippen LogP contribution in [0.2, 0.25) is 0 Å². The molecule has 182 valence electrons. The second kappa shape index (κ2) is 9.87. The molecule has 2 saturated carbocycles. The summed E-state index contributed by atoms with van der Waals surface area (Å²) in [7, 11) is 0. The summed E-state index contributed by atoms with van der Waals surface area (Å²) in [6.07, 6.45) is 9.60. The third kappa shape index (κ3) is 4.74. The maximum atomic E-state index is 10.4. The van der Waals surface area contributed by atoms with Crippen molar-refractivity contribution in [2.45, 2.75) is 110 Å². The van der Waals surface area contributed by atoms with E-state index in [9.17, 15) is 15.3 Å². The Morgan fingerprint density at radius 3 is 2.66 bits per heavy atom. The number of fused-ring (bicyclic) bond motifs is 1. The molecule has 4 aliphatic rings. The summed E-state index contributed by atoms with van der Waals surface area (Å²) in [4.78, 5) is 11.1. The fourth-order valence-corrected chi connectivity index (χ4v) is 7.30. The molecule has 5 nitrogen and oxygen atoms in total. The Morgan fingerprint density at radius 2 is 1.91 bits per heavy atom. The lowest BCUT2D eigenvalue weighted by molar-refractivity contribution is -0.312. The minimum Gasteiger partial charge on any atom is -0.393 e. The molecule has 32 heavy (non-hydrogen) atoms. The number of aliphatic hydroxyl groups is 3. The van der Waals surface area contributed by atoms with Gasteiger partial charge in [0.15, 0.2) is 0 Å². The first-order chi connectivity index (χ1) is 15.2. The fourth-order valence-electron chi connectivity index (χ4n) is 7.30. The van der Waals surface area contributed by atoms with Gasteiger partial charge < -0.3 is 15.3 Å². The normalized spacial score (nSPS) is 41.0. The zero-order valence-electron chi connectivity index (χ0n) is 20.4. The lowest BCUT2D eigenvalue weighted by Crippen LogP contribution is -2.38. The largest absolute Gasteiger partial charge is 0.393 e. The first kappa shape index (κ1) is 24.4. The summed E-state index contributed by atoms with van der Waals surface area (Å²) < 4.78 is 0. The van der Waals surface area contributed by atoms with E-state index >= 15 is 0 Å². The van der Waals surface area contributed by atoms with Crippen molar-refractivity contribution < 1.29 is 25.1 Å². The van der Waals surface area contributed by atoms with Crippen molar-refractivity contribution in [1.82, 2.24) is 0 Å². The second-order valence-electron chi connectivity index (χ2n) is 11.6. The lowest BCUT2D eigenvalue weighted by atomic mass is 9.60.